The highest BCUT2D eigenvalue weighted by molar-refractivity contribution is 6.16. The quantitative estimate of drug-likeness (QED) is 0.537. The van der Waals surface area contributed by atoms with Crippen LogP contribution in [0.25, 0.3) is 0 Å². The van der Waals surface area contributed by atoms with Crippen LogP contribution < -0.4 is 0 Å². The lowest BCUT2D eigenvalue weighted by Crippen LogP contribution is -2.08. The number of ether oxygens (including phenoxy) is 1. The summed E-state index contributed by atoms with van der Waals surface area (Å²) < 4.78 is 7.30. The van der Waals surface area contributed by atoms with Crippen molar-refractivity contribution in [2.75, 3.05) is 13.2 Å². The molecule has 0 unspecified atom stereocenters. The molecule has 1 aromatic heterocycles. The molecule has 80 valence electrons. The van der Waals surface area contributed by atoms with Crippen LogP contribution in [0, 0.1) is 0 Å². The molecule has 0 bridgehead atoms. The lowest BCUT2D eigenvalue weighted by molar-refractivity contribution is 0.149. The maximum Gasteiger partial charge on any atom is 0.147 e. The molecule has 1 aromatic rings. The summed E-state index contributed by atoms with van der Waals surface area (Å²) >= 11 is 5.73. The lowest BCUT2D eigenvalue weighted by Gasteiger charge is -2.05. The van der Waals surface area contributed by atoms with Gasteiger partial charge in [0.2, 0.25) is 0 Å². The monoisotopic (exact) mass is 217 g/mol. The fraction of sp³-hybridized carbons (Fsp3) is 0.778. The lowest BCUT2D eigenvalue weighted by atomic mass is 10.4. The van der Waals surface area contributed by atoms with Gasteiger partial charge in [-0.25, -0.2) is 0 Å². The van der Waals surface area contributed by atoms with Crippen molar-refractivity contribution in [3.63, 3.8) is 0 Å². The molecule has 0 saturated carbocycles. The van der Waals surface area contributed by atoms with Crippen LogP contribution in [-0.4, -0.2) is 28.0 Å². The first-order valence-electron chi connectivity index (χ1n) is 4.88. The largest absolute Gasteiger partial charge is 0.381 e. The molecule has 0 aliphatic heterocycles. The summed E-state index contributed by atoms with van der Waals surface area (Å²) in [6, 6.07) is 0. The van der Waals surface area contributed by atoms with E-state index in [1.807, 2.05) is 11.5 Å². The molecule has 0 amide bonds. The van der Waals surface area contributed by atoms with Crippen molar-refractivity contribution in [1.29, 1.82) is 0 Å². The van der Waals surface area contributed by atoms with E-state index in [1.165, 1.54) is 0 Å². The zero-order valence-corrected chi connectivity index (χ0v) is 9.42. The van der Waals surface area contributed by atoms with Gasteiger partial charge in [0, 0.05) is 19.6 Å². The Morgan fingerprint density at radius 1 is 1.29 bits per heavy atom. The Kier molecular flexibility index (Phi) is 4.90. The Labute approximate surface area is 89.2 Å². The van der Waals surface area contributed by atoms with E-state index < -0.39 is 0 Å². The fourth-order valence-electron chi connectivity index (χ4n) is 1.33. The first kappa shape index (κ1) is 11.5. The van der Waals surface area contributed by atoms with Crippen LogP contribution in [-0.2, 0) is 23.6 Å². The van der Waals surface area contributed by atoms with Crippen molar-refractivity contribution < 1.29 is 4.74 Å². The second kappa shape index (κ2) is 5.98. The zero-order valence-electron chi connectivity index (χ0n) is 8.66. The number of aromatic nitrogens is 3. The van der Waals surface area contributed by atoms with Crippen LogP contribution in [0.3, 0.4) is 0 Å². The Morgan fingerprint density at radius 2 is 2.00 bits per heavy atom. The number of halogens is 1. The predicted molar refractivity (Wildman–Crippen MR) is 55.5 cm³/mol. The number of hydrogen-bond donors (Lipinski definition) is 0. The highest BCUT2D eigenvalue weighted by atomic mass is 35.5. The number of nitrogens with zero attached hydrogens (tertiary/aromatic N) is 3. The third-order valence-electron chi connectivity index (χ3n) is 2.01. The van der Waals surface area contributed by atoms with Crippen molar-refractivity contribution in [3.8, 4) is 0 Å². The molecule has 0 atom stereocenters. The fourth-order valence-corrected chi connectivity index (χ4v) is 1.53. The summed E-state index contributed by atoms with van der Waals surface area (Å²) in [5.74, 6) is 2.20. The molecule has 0 fully saturated rings. The summed E-state index contributed by atoms with van der Waals surface area (Å²) in [5, 5.41) is 8.09. The Hall–Kier alpha value is -0.610. The van der Waals surface area contributed by atoms with Gasteiger partial charge < -0.3 is 9.30 Å². The van der Waals surface area contributed by atoms with Crippen LogP contribution in [0.2, 0.25) is 0 Å². The van der Waals surface area contributed by atoms with E-state index in [1.54, 1.807) is 0 Å². The average Bonchev–Trinajstić information content (AvgIpc) is 2.60. The van der Waals surface area contributed by atoms with Gasteiger partial charge in [-0.1, -0.05) is 0 Å². The number of alkyl halides is 1. The van der Waals surface area contributed by atoms with Gasteiger partial charge in [0.05, 0.1) is 12.5 Å². The predicted octanol–water partition coefficient (Wildman–Crippen LogP) is 1.62. The molecule has 5 heteroatoms. The summed E-state index contributed by atoms with van der Waals surface area (Å²) in [5.41, 5.74) is 0. The molecular weight excluding hydrogens is 202 g/mol. The van der Waals surface area contributed by atoms with Crippen LogP contribution in [0.1, 0.15) is 25.5 Å². The minimum atomic E-state index is 0.412. The molecule has 0 aliphatic rings. The molecule has 0 radical (unpaired) electrons. The van der Waals surface area contributed by atoms with Gasteiger partial charge in [0.15, 0.2) is 0 Å². The maximum absolute atomic E-state index is 5.73. The van der Waals surface area contributed by atoms with Gasteiger partial charge in [0.25, 0.3) is 0 Å². The van der Waals surface area contributed by atoms with Crippen molar-refractivity contribution in [2.24, 2.45) is 0 Å². The van der Waals surface area contributed by atoms with Gasteiger partial charge in [-0.3, -0.25) is 0 Å². The molecule has 4 nitrogen and oxygen atoms in total. The SMILES string of the molecule is CCOCCc1nnc(CCl)n1CC. The van der Waals surface area contributed by atoms with Gasteiger partial charge >= 0.3 is 0 Å². The Balaban J connectivity index is 2.61. The van der Waals surface area contributed by atoms with Gasteiger partial charge in [-0.05, 0) is 13.8 Å². The van der Waals surface area contributed by atoms with Crippen molar-refractivity contribution in [2.45, 2.75) is 32.7 Å². The average molecular weight is 218 g/mol. The van der Waals surface area contributed by atoms with E-state index in [0.717, 1.165) is 31.2 Å². The van der Waals surface area contributed by atoms with Gasteiger partial charge in [0.1, 0.15) is 11.6 Å². The smallest absolute Gasteiger partial charge is 0.147 e. The van der Waals surface area contributed by atoms with Crippen molar-refractivity contribution in [1.82, 2.24) is 14.8 Å². The van der Waals surface area contributed by atoms with E-state index in [9.17, 15) is 0 Å². The third-order valence-corrected chi connectivity index (χ3v) is 2.25. The van der Waals surface area contributed by atoms with Crippen LogP contribution in [0.4, 0.5) is 0 Å². The molecule has 0 N–H and O–H groups in total. The minimum absolute atomic E-state index is 0.412. The summed E-state index contributed by atoms with van der Waals surface area (Å²) in [7, 11) is 0. The van der Waals surface area contributed by atoms with Crippen LogP contribution >= 0.6 is 11.6 Å². The topological polar surface area (TPSA) is 39.9 Å². The van der Waals surface area contributed by atoms with E-state index >= 15 is 0 Å². The standard InChI is InChI=1S/C9H16ClN3O/c1-3-13-8(5-6-14-4-2)11-12-9(13)7-10/h3-7H2,1-2H3. The molecule has 1 heterocycles. The van der Waals surface area contributed by atoms with E-state index in [4.69, 9.17) is 16.3 Å². The van der Waals surface area contributed by atoms with Crippen LogP contribution in [0.5, 0.6) is 0 Å². The summed E-state index contributed by atoms with van der Waals surface area (Å²) in [6.07, 6.45) is 0.797. The normalized spacial score (nSPS) is 10.8. The van der Waals surface area contributed by atoms with Crippen molar-refractivity contribution >= 4 is 11.6 Å². The van der Waals surface area contributed by atoms with Gasteiger partial charge in [-0.15, -0.1) is 21.8 Å². The summed E-state index contributed by atoms with van der Waals surface area (Å²) in [6.45, 7) is 6.33. The van der Waals surface area contributed by atoms with Crippen molar-refractivity contribution in [3.05, 3.63) is 11.6 Å². The highest BCUT2D eigenvalue weighted by Crippen LogP contribution is 2.05. The maximum atomic E-state index is 5.73. The molecule has 14 heavy (non-hydrogen) atoms. The highest BCUT2D eigenvalue weighted by Gasteiger charge is 2.08. The first-order valence-corrected chi connectivity index (χ1v) is 5.41. The van der Waals surface area contributed by atoms with E-state index in [-0.39, 0.29) is 0 Å². The summed E-state index contributed by atoms with van der Waals surface area (Å²) in [4.78, 5) is 0. The molecule has 0 saturated heterocycles. The second-order valence-corrected chi connectivity index (χ2v) is 3.12. The third kappa shape index (κ3) is 2.69. The first-order chi connectivity index (χ1) is 6.83. The van der Waals surface area contributed by atoms with Gasteiger partial charge in [-0.2, -0.15) is 0 Å². The molecular formula is C9H16ClN3O. The molecule has 1 rings (SSSR count). The number of rotatable bonds is 6. The zero-order chi connectivity index (χ0) is 10.4. The molecule has 0 spiro atoms. The van der Waals surface area contributed by atoms with E-state index in [0.29, 0.717) is 12.5 Å². The number of hydrogen-bond acceptors (Lipinski definition) is 3. The molecule has 0 aromatic carbocycles. The minimum Gasteiger partial charge on any atom is -0.381 e. The van der Waals surface area contributed by atoms with Crippen LogP contribution in [0.15, 0.2) is 0 Å². The second-order valence-electron chi connectivity index (χ2n) is 2.86. The Bertz CT molecular complexity index is 275. The van der Waals surface area contributed by atoms with E-state index in [2.05, 4.69) is 17.1 Å². The molecule has 0 aliphatic carbocycles. The Morgan fingerprint density at radius 3 is 2.57 bits per heavy atom.